The summed E-state index contributed by atoms with van der Waals surface area (Å²) in [6.07, 6.45) is -0.318. The highest BCUT2D eigenvalue weighted by Gasteiger charge is 2.53. The molecule has 2 amide bonds. The number of likely N-dealkylation sites (tertiary alicyclic amines) is 1. The molecule has 0 aromatic heterocycles. The summed E-state index contributed by atoms with van der Waals surface area (Å²) in [6.45, 7) is 11.5. The number of ketones is 1. The Morgan fingerprint density at radius 1 is 1.05 bits per heavy atom. The molecule has 3 aliphatic heterocycles. The molecule has 1 aromatic carbocycles. The number of fused-ring (bicyclic) bond motifs is 1. The number of anilines is 1. The third-order valence-electron chi connectivity index (χ3n) is 7.35. The number of piperazine rings is 1. The van der Waals surface area contributed by atoms with Crippen LogP contribution in [0.3, 0.4) is 0 Å². The van der Waals surface area contributed by atoms with Crippen molar-refractivity contribution in [2.24, 2.45) is 5.92 Å². The van der Waals surface area contributed by atoms with Gasteiger partial charge in [0.05, 0.1) is 6.54 Å². The molecule has 4 rings (SSSR count). The number of rotatable bonds is 8. The number of hydrogen-bond acceptors (Lipinski definition) is 7. The van der Waals surface area contributed by atoms with Gasteiger partial charge < -0.3 is 29.5 Å². The van der Waals surface area contributed by atoms with E-state index in [4.69, 9.17) is 9.47 Å². The molecule has 1 N–H and O–H groups in total. The zero-order valence-electron chi connectivity index (χ0n) is 23.2. The van der Waals surface area contributed by atoms with Crippen molar-refractivity contribution >= 4 is 77.3 Å². The Kier molecular flexibility index (Phi) is 16.5. The Morgan fingerprint density at radius 3 is 2.21 bits per heavy atom. The molecule has 13 heteroatoms. The number of amides is 2. The van der Waals surface area contributed by atoms with Crippen molar-refractivity contribution < 1.29 is 23.9 Å². The lowest BCUT2D eigenvalue weighted by Gasteiger charge is -2.35. The van der Waals surface area contributed by atoms with Gasteiger partial charge in [-0.25, -0.2) is 0 Å². The van der Waals surface area contributed by atoms with Crippen molar-refractivity contribution in [3.8, 4) is 0 Å². The molecule has 3 fully saturated rings. The van der Waals surface area contributed by atoms with Crippen molar-refractivity contribution in [3.05, 3.63) is 29.8 Å². The maximum Gasteiger partial charge on any atom is 0.251 e. The molecule has 39 heavy (non-hydrogen) atoms. The molecular weight excluding hydrogens is 577 g/mol. The first-order valence-corrected chi connectivity index (χ1v) is 12.7. The molecule has 3 aliphatic rings. The number of nitrogens with zero attached hydrogens (tertiary/aromatic N) is 3. The highest BCUT2D eigenvalue weighted by atomic mass is 32.1. The van der Waals surface area contributed by atoms with Gasteiger partial charge in [0, 0.05) is 44.5 Å². The highest BCUT2D eigenvalue weighted by molar-refractivity contribution is 7.59. The molecule has 3 saturated heterocycles. The molecule has 0 aliphatic carbocycles. The summed E-state index contributed by atoms with van der Waals surface area (Å²) in [5, 5.41) is 2.94. The van der Waals surface area contributed by atoms with Gasteiger partial charge >= 0.3 is 0 Å². The first-order chi connectivity index (χ1) is 16.8. The number of hydrogen-bond donors (Lipinski definition) is 1. The lowest BCUT2D eigenvalue weighted by molar-refractivity contribution is -0.138. The second-order valence-electron chi connectivity index (χ2n) is 10.1. The van der Waals surface area contributed by atoms with Crippen LogP contribution in [0.1, 0.15) is 37.6 Å². The van der Waals surface area contributed by atoms with Crippen LogP contribution in [0.15, 0.2) is 24.3 Å². The quantitative estimate of drug-likeness (QED) is 0.471. The largest absolute Gasteiger partial charge is 0.377 e. The number of nitrogens with one attached hydrogen (secondary N) is 1. The average molecular weight is 623 g/mol. The molecule has 0 radical (unpaired) electrons. The Hall–Kier alpha value is -1.09. The standard InChI is InChI=1S/C26H38N4O5.4H2S/c1-5-28-10-12-29(13-11-28)19-8-6-18(7-9-19)25(32)27-20(14-17(2)3)26(33)30-15-22(34-4)24-23(30)21(31)16-35-24;;;;/h6-9,17,20,22-24H,5,10-16H2,1-4H3,(H,27,32);4*1H2/t20-,22-,23+,24+;;;;/m0..../s1. The molecule has 1 aromatic rings. The third kappa shape index (κ3) is 8.70. The monoisotopic (exact) mass is 622 g/mol. The Morgan fingerprint density at radius 2 is 1.67 bits per heavy atom. The smallest absolute Gasteiger partial charge is 0.251 e. The van der Waals surface area contributed by atoms with E-state index in [0.717, 1.165) is 38.4 Å². The number of methoxy groups -OCH3 is 1. The highest BCUT2D eigenvalue weighted by Crippen LogP contribution is 2.30. The Bertz CT molecular complexity index is 931. The van der Waals surface area contributed by atoms with E-state index in [0.29, 0.717) is 12.0 Å². The number of benzene rings is 1. The van der Waals surface area contributed by atoms with Crippen LogP contribution in [0.5, 0.6) is 0 Å². The van der Waals surface area contributed by atoms with Crippen LogP contribution in [0, 0.1) is 5.92 Å². The van der Waals surface area contributed by atoms with E-state index in [9.17, 15) is 14.4 Å². The number of carbonyl (C=O) groups excluding carboxylic acids is 3. The summed E-state index contributed by atoms with van der Waals surface area (Å²) >= 11 is 0. The van der Waals surface area contributed by atoms with E-state index >= 15 is 0 Å². The van der Waals surface area contributed by atoms with Gasteiger partial charge in [0.25, 0.3) is 5.91 Å². The zero-order chi connectivity index (χ0) is 25.1. The minimum atomic E-state index is -0.728. The van der Waals surface area contributed by atoms with E-state index in [1.807, 2.05) is 38.1 Å². The third-order valence-corrected chi connectivity index (χ3v) is 7.35. The minimum absolute atomic E-state index is 0. The maximum absolute atomic E-state index is 13.5. The second kappa shape index (κ2) is 17.0. The maximum atomic E-state index is 13.5. The first-order valence-electron chi connectivity index (χ1n) is 12.7. The van der Waals surface area contributed by atoms with Gasteiger partial charge in [0.15, 0.2) is 5.78 Å². The van der Waals surface area contributed by atoms with Crippen molar-refractivity contribution in [3.63, 3.8) is 0 Å². The summed E-state index contributed by atoms with van der Waals surface area (Å²) < 4.78 is 11.1. The Labute approximate surface area is 260 Å². The SMILES string of the molecule is CCN1CCN(c2ccc(C(=O)N[C@@H](CC(C)C)C(=O)N3C[C@H](OC)[C@H]4OCC(=O)[C@H]43)cc2)CC1.S.S.S.S. The van der Waals surface area contributed by atoms with Crippen molar-refractivity contribution in [1.29, 1.82) is 0 Å². The summed E-state index contributed by atoms with van der Waals surface area (Å²) in [6, 6.07) is 6.20. The molecule has 0 saturated carbocycles. The minimum Gasteiger partial charge on any atom is -0.377 e. The van der Waals surface area contributed by atoms with Crippen molar-refractivity contribution in [1.82, 2.24) is 15.1 Å². The summed E-state index contributed by atoms with van der Waals surface area (Å²) in [5.41, 5.74) is 1.61. The number of carbonyl (C=O) groups is 3. The predicted octanol–water partition coefficient (Wildman–Crippen LogP) is 1.62. The molecule has 9 nitrogen and oxygen atoms in total. The lowest BCUT2D eigenvalue weighted by Crippen LogP contribution is -2.52. The van der Waals surface area contributed by atoms with E-state index < -0.39 is 18.2 Å². The fraction of sp³-hybridized carbons (Fsp3) is 0.654. The van der Waals surface area contributed by atoms with Crippen LogP contribution in [-0.4, -0.2) is 105 Å². The van der Waals surface area contributed by atoms with Gasteiger partial charge in [0.1, 0.15) is 30.9 Å². The average Bonchev–Trinajstić information content (AvgIpc) is 3.43. The molecular formula is C26H46N4O5S4. The second-order valence-corrected chi connectivity index (χ2v) is 10.1. The summed E-state index contributed by atoms with van der Waals surface area (Å²) in [5.74, 6) is -0.487. The molecule has 224 valence electrons. The van der Waals surface area contributed by atoms with Crippen LogP contribution < -0.4 is 10.2 Å². The van der Waals surface area contributed by atoms with Crippen LogP contribution >= 0.6 is 54.0 Å². The van der Waals surface area contributed by atoms with E-state index in [2.05, 4.69) is 22.0 Å². The van der Waals surface area contributed by atoms with Gasteiger partial charge in [-0.3, -0.25) is 14.4 Å². The molecule has 0 spiro atoms. The van der Waals surface area contributed by atoms with Crippen LogP contribution in [0.25, 0.3) is 0 Å². The number of Topliss-reactive ketones (excluding diaryl/α,β-unsaturated/α-hetero) is 1. The van der Waals surface area contributed by atoms with Crippen LogP contribution in [0.2, 0.25) is 0 Å². The van der Waals surface area contributed by atoms with E-state index in [1.54, 1.807) is 12.0 Å². The van der Waals surface area contributed by atoms with Gasteiger partial charge in [0.2, 0.25) is 5.91 Å². The van der Waals surface area contributed by atoms with Crippen molar-refractivity contribution in [2.45, 2.75) is 51.5 Å². The first kappa shape index (κ1) is 37.9. The fourth-order valence-corrected chi connectivity index (χ4v) is 5.33. The normalized spacial score (nSPS) is 23.1. The number of ether oxygens (including phenoxy) is 2. The Balaban J connectivity index is 0.00000361. The topological polar surface area (TPSA) is 91.4 Å². The van der Waals surface area contributed by atoms with E-state index in [1.165, 1.54) is 0 Å². The van der Waals surface area contributed by atoms with Gasteiger partial charge in [-0.05, 0) is 43.1 Å². The molecule has 3 heterocycles. The number of likely N-dealkylation sites (N-methyl/N-ethyl adjacent to an activating group) is 1. The van der Waals surface area contributed by atoms with E-state index in [-0.39, 0.29) is 96.8 Å². The van der Waals surface area contributed by atoms with Crippen molar-refractivity contribution in [2.75, 3.05) is 57.9 Å². The van der Waals surface area contributed by atoms with Gasteiger partial charge in [-0.15, -0.1) is 0 Å². The predicted molar refractivity (Wildman–Crippen MR) is 174 cm³/mol. The fourth-order valence-electron chi connectivity index (χ4n) is 5.33. The van der Waals surface area contributed by atoms with Crippen LogP contribution in [-0.2, 0) is 19.1 Å². The lowest BCUT2D eigenvalue weighted by atomic mass is 10.0. The molecule has 0 bridgehead atoms. The summed E-state index contributed by atoms with van der Waals surface area (Å²) in [4.78, 5) is 45.4. The van der Waals surface area contributed by atoms with Crippen LogP contribution in [0.4, 0.5) is 5.69 Å². The van der Waals surface area contributed by atoms with Gasteiger partial charge in [-0.2, -0.15) is 54.0 Å². The molecule has 0 unspecified atom stereocenters. The molecule has 4 atom stereocenters. The van der Waals surface area contributed by atoms with Gasteiger partial charge in [-0.1, -0.05) is 20.8 Å². The zero-order valence-corrected chi connectivity index (χ0v) is 27.2. The summed E-state index contributed by atoms with van der Waals surface area (Å²) in [7, 11) is 1.56.